The maximum absolute atomic E-state index is 12.9. The molecule has 4 rings (SSSR count). The van der Waals surface area contributed by atoms with E-state index in [-0.39, 0.29) is 31.0 Å². The van der Waals surface area contributed by atoms with Crippen LogP contribution in [-0.4, -0.2) is 55.6 Å². The number of hydrogen-bond donors (Lipinski definition) is 3. The Kier molecular flexibility index (Phi) is 7.09. The third kappa shape index (κ3) is 5.81. The van der Waals surface area contributed by atoms with Crippen molar-refractivity contribution in [3.63, 3.8) is 0 Å². The lowest BCUT2D eigenvalue weighted by Gasteiger charge is -2.23. The molecule has 0 aliphatic carbocycles. The normalized spacial score (nSPS) is 16.5. The van der Waals surface area contributed by atoms with Crippen LogP contribution in [0.2, 0.25) is 0 Å². The molecule has 33 heavy (non-hydrogen) atoms. The molecule has 0 spiro atoms. The summed E-state index contributed by atoms with van der Waals surface area (Å²) in [6.07, 6.45) is 2.23. The van der Waals surface area contributed by atoms with Crippen LogP contribution in [0.3, 0.4) is 0 Å². The quantitative estimate of drug-likeness (QED) is 0.527. The highest BCUT2D eigenvalue weighted by Gasteiger charge is 2.27. The molecule has 4 amide bonds. The zero-order chi connectivity index (χ0) is 23.2. The number of carbonyl (C=O) groups excluding carboxylic acids is 3. The largest absolute Gasteiger partial charge is 0.496 e. The van der Waals surface area contributed by atoms with Crippen molar-refractivity contribution in [2.45, 2.75) is 32.0 Å². The van der Waals surface area contributed by atoms with E-state index in [4.69, 9.17) is 9.47 Å². The van der Waals surface area contributed by atoms with Crippen molar-refractivity contribution in [1.29, 1.82) is 0 Å². The second-order valence-corrected chi connectivity index (χ2v) is 8.14. The minimum Gasteiger partial charge on any atom is -0.496 e. The first-order valence-electron chi connectivity index (χ1n) is 11.0. The van der Waals surface area contributed by atoms with Gasteiger partial charge in [0.2, 0.25) is 5.91 Å². The summed E-state index contributed by atoms with van der Waals surface area (Å²) in [5.74, 6) is 0.643. The van der Waals surface area contributed by atoms with Crippen molar-refractivity contribution < 1.29 is 23.9 Å². The van der Waals surface area contributed by atoms with Gasteiger partial charge in [-0.15, -0.1) is 0 Å². The van der Waals surface area contributed by atoms with Gasteiger partial charge in [-0.25, -0.2) is 4.79 Å². The number of nitrogens with zero attached hydrogens (tertiary/aromatic N) is 1. The summed E-state index contributed by atoms with van der Waals surface area (Å²) in [7, 11) is 1.50. The molecule has 2 aliphatic rings. The molecule has 2 saturated heterocycles. The van der Waals surface area contributed by atoms with Crippen molar-refractivity contribution in [1.82, 2.24) is 20.9 Å². The zero-order valence-electron chi connectivity index (χ0n) is 18.6. The van der Waals surface area contributed by atoms with Crippen molar-refractivity contribution >= 4 is 17.8 Å². The predicted octanol–water partition coefficient (Wildman–Crippen LogP) is 1.81. The maximum Gasteiger partial charge on any atom is 0.324 e. The van der Waals surface area contributed by atoms with Crippen molar-refractivity contribution in [3.8, 4) is 11.5 Å². The second kappa shape index (κ2) is 10.4. The molecule has 2 aliphatic heterocycles. The van der Waals surface area contributed by atoms with Crippen LogP contribution in [0.4, 0.5) is 4.79 Å². The van der Waals surface area contributed by atoms with Gasteiger partial charge < -0.3 is 25.0 Å². The number of urea groups is 1. The predicted molar refractivity (Wildman–Crippen MR) is 121 cm³/mol. The van der Waals surface area contributed by atoms with Gasteiger partial charge in [0, 0.05) is 13.1 Å². The number of amides is 4. The fourth-order valence-electron chi connectivity index (χ4n) is 3.93. The van der Waals surface area contributed by atoms with E-state index in [1.807, 2.05) is 24.3 Å². The molecule has 2 fully saturated rings. The molecular formula is C24H28N4O5. The van der Waals surface area contributed by atoms with E-state index in [9.17, 15) is 14.4 Å². The van der Waals surface area contributed by atoms with Gasteiger partial charge in [0.25, 0.3) is 5.91 Å². The second-order valence-electron chi connectivity index (χ2n) is 8.14. The zero-order valence-corrected chi connectivity index (χ0v) is 18.6. The summed E-state index contributed by atoms with van der Waals surface area (Å²) in [6, 6.07) is 12.4. The topological polar surface area (TPSA) is 109 Å². The SMILES string of the molecule is COc1ccc(CN2CC(=O)NC2=O)cc1C(=O)NCc1ccc(OC2CCNCC2)cc1. The molecule has 2 aromatic rings. The highest BCUT2D eigenvalue weighted by Crippen LogP contribution is 2.22. The lowest BCUT2D eigenvalue weighted by atomic mass is 10.1. The summed E-state index contributed by atoms with van der Waals surface area (Å²) in [5.41, 5.74) is 2.04. The van der Waals surface area contributed by atoms with E-state index >= 15 is 0 Å². The number of piperidine rings is 1. The van der Waals surface area contributed by atoms with Crippen LogP contribution in [0.15, 0.2) is 42.5 Å². The standard InChI is InChI=1S/C24H28N4O5/c1-32-21-7-4-17(14-28-15-22(29)27-24(28)31)12-20(21)23(30)26-13-16-2-5-18(6-3-16)33-19-8-10-25-11-9-19/h2-7,12,19,25H,8-11,13-15H2,1H3,(H,26,30)(H,27,29,31). The Morgan fingerprint density at radius 3 is 2.48 bits per heavy atom. The van der Waals surface area contributed by atoms with Gasteiger partial charge in [-0.2, -0.15) is 0 Å². The van der Waals surface area contributed by atoms with Crippen LogP contribution in [0, 0.1) is 0 Å². The summed E-state index contributed by atoms with van der Waals surface area (Å²) < 4.78 is 11.4. The Labute approximate surface area is 192 Å². The number of benzene rings is 2. The van der Waals surface area contributed by atoms with Gasteiger partial charge in [0.15, 0.2) is 0 Å². The van der Waals surface area contributed by atoms with E-state index in [1.165, 1.54) is 12.0 Å². The Morgan fingerprint density at radius 2 is 1.82 bits per heavy atom. The Balaban J connectivity index is 1.36. The van der Waals surface area contributed by atoms with Gasteiger partial charge in [0.1, 0.15) is 24.1 Å². The van der Waals surface area contributed by atoms with Crippen LogP contribution in [0.1, 0.15) is 34.3 Å². The van der Waals surface area contributed by atoms with Crippen LogP contribution in [-0.2, 0) is 17.9 Å². The van der Waals surface area contributed by atoms with Gasteiger partial charge >= 0.3 is 6.03 Å². The maximum atomic E-state index is 12.9. The van der Waals surface area contributed by atoms with Crippen LogP contribution >= 0.6 is 0 Å². The third-order valence-electron chi connectivity index (χ3n) is 5.72. The molecule has 0 radical (unpaired) electrons. The Bertz CT molecular complexity index is 1020. The number of nitrogens with one attached hydrogen (secondary N) is 3. The van der Waals surface area contributed by atoms with E-state index in [0.29, 0.717) is 17.9 Å². The van der Waals surface area contributed by atoms with Gasteiger partial charge in [0.05, 0.1) is 12.7 Å². The number of rotatable bonds is 8. The minimum absolute atomic E-state index is 0.00371. The van der Waals surface area contributed by atoms with Gasteiger partial charge in [-0.3, -0.25) is 14.9 Å². The molecular weight excluding hydrogens is 424 g/mol. The van der Waals surface area contributed by atoms with Crippen molar-refractivity contribution in [2.75, 3.05) is 26.7 Å². The lowest BCUT2D eigenvalue weighted by molar-refractivity contribution is -0.118. The minimum atomic E-state index is -0.436. The number of ether oxygens (including phenoxy) is 2. The summed E-state index contributed by atoms with van der Waals surface area (Å²) in [5, 5.41) is 8.48. The Morgan fingerprint density at radius 1 is 1.09 bits per heavy atom. The highest BCUT2D eigenvalue weighted by molar-refractivity contribution is 6.02. The lowest BCUT2D eigenvalue weighted by Crippen LogP contribution is -2.34. The molecule has 2 aromatic carbocycles. The van der Waals surface area contributed by atoms with E-state index < -0.39 is 6.03 Å². The third-order valence-corrected chi connectivity index (χ3v) is 5.72. The average molecular weight is 453 g/mol. The van der Waals surface area contributed by atoms with Gasteiger partial charge in [-0.05, 0) is 61.3 Å². The summed E-state index contributed by atoms with van der Waals surface area (Å²) in [4.78, 5) is 37.5. The smallest absolute Gasteiger partial charge is 0.324 e. The molecule has 3 N–H and O–H groups in total. The van der Waals surface area contributed by atoms with Crippen LogP contribution in [0.25, 0.3) is 0 Å². The first-order valence-corrected chi connectivity index (χ1v) is 11.0. The molecule has 0 bridgehead atoms. The molecule has 9 nitrogen and oxygen atoms in total. The number of methoxy groups -OCH3 is 1. The number of hydrogen-bond acceptors (Lipinski definition) is 6. The van der Waals surface area contributed by atoms with Crippen LogP contribution in [0.5, 0.6) is 11.5 Å². The first kappa shape index (κ1) is 22.6. The van der Waals surface area contributed by atoms with E-state index in [0.717, 1.165) is 42.8 Å². The fourth-order valence-corrected chi connectivity index (χ4v) is 3.93. The first-order chi connectivity index (χ1) is 16.0. The monoisotopic (exact) mass is 452 g/mol. The molecule has 0 aromatic heterocycles. The molecule has 9 heteroatoms. The summed E-state index contributed by atoms with van der Waals surface area (Å²) >= 11 is 0. The molecule has 0 unspecified atom stereocenters. The van der Waals surface area contributed by atoms with E-state index in [2.05, 4.69) is 16.0 Å². The molecule has 174 valence electrons. The Hall–Kier alpha value is -3.59. The summed E-state index contributed by atoms with van der Waals surface area (Å²) in [6.45, 7) is 2.53. The van der Waals surface area contributed by atoms with E-state index in [1.54, 1.807) is 18.2 Å². The average Bonchev–Trinajstić information content (AvgIpc) is 3.15. The van der Waals surface area contributed by atoms with Crippen molar-refractivity contribution in [2.24, 2.45) is 0 Å². The highest BCUT2D eigenvalue weighted by atomic mass is 16.5. The fraction of sp³-hybridized carbons (Fsp3) is 0.375. The number of imide groups is 1. The number of carbonyl (C=O) groups is 3. The molecule has 0 saturated carbocycles. The van der Waals surface area contributed by atoms with Crippen molar-refractivity contribution in [3.05, 3.63) is 59.2 Å². The molecule has 0 atom stereocenters. The molecule has 2 heterocycles. The van der Waals surface area contributed by atoms with Crippen LogP contribution < -0.4 is 25.4 Å². The van der Waals surface area contributed by atoms with Gasteiger partial charge in [-0.1, -0.05) is 18.2 Å².